The number of nitrogens with zero attached hydrogens (tertiary/aromatic N) is 2. The molecule has 1 saturated heterocycles. The first-order valence-electron chi connectivity index (χ1n) is 10.7. The highest BCUT2D eigenvalue weighted by molar-refractivity contribution is 5.98. The zero-order valence-corrected chi connectivity index (χ0v) is 17.6. The number of carbonyl (C=O) groups excluding carboxylic acids is 2. The second-order valence-electron chi connectivity index (χ2n) is 9.06. The molecule has 4 rings (SSSR count). The lowest BCUT2D eigenvalue weighted by molar-refractivity contribution is 0.0405. The monoisotopic (exact) mass is 402 g/mol. The summed E-state index contributed by atoms with van der Waals surface area (Å²) in [7, 11) is 0. The number of fused-ring (bicyclic) bond motifs is 2. The summed E-state index contributed by atoms with van der Waals surface area (Å²) in [6.07, 6.45) is 7.28. The molecule has 0 radical (unpaired) electrons. The maximum atomic E-state index is 13.6. The molecule has 158 valence electrons. The van der Waals surface area contributed by atoms with Crippen molar-refractivity contribution in [1.29, 1.82) is 0 Å². The molecule has 0 N–H and O–H groups in total. The van der Waals surface area contributed by atoms with Crippen LogP contribution in [0.25, 0.3) is 0 Å². The van der Waals surface area contributed by atoms with Crippen molar-refractivity contribution in [3.05, 3.63) is 27.7 Å². The van der Waals surface area contributed by atoms with Gasteiger partial charge < -0.3 is 18.9 Å². The lowest BCUT2D eigenvalue weighted by atomic mass is 9.71. The highest BCUT2D eigenvalue weighted by Gasteiger charge is 2.58. The van der Waals surface area contributed by atoms with Gasteiger partial charge in [0.05, 0.1) is 18.8 Å². The van der Waals surface area contributed by atoms with Gasteiger partial charge in [0.2, 0.25) is 5.43 Å². The smallest absolute Gasteiger partial charge is 0.343 e. The van der Waals surface area contributed by atoms with Crippen molar-refractivity contribution in [2.45, 2.75) is 71.4 Å². The maximum absolute atomic E-state index is 13.6. The minimum atomic E-state index is -0.666. The molecule has 3 heterocycles. The molecule has 2 bridgehead atoms. The summed E-state index contributed by atoms with van der Waals surface area (Å²) in [4.78, 5) is 41.0. The van der Waals surface area contributed by atoms with Gasteiger partial charge in [-0.2, -0.15) is 0 Å². The summed E-state index contributed by atoms with van der Waals surface area (Å²) in [5.41, 5.74) is -0.455. The molecule has 1 spiro atoms. The summed E-state index contributed by atoms with van der Waals surface area (Å²) < 4.78 is 12.7. The molecular formula is C22H30N2O5. The van der Waals surface area contributed by atoms with Crippen LogP contribution in [-0.4, -0.2) is 46.6 Å². The van der Waals surface area contributed by atoms with E-state index in [0.717, 1.165) is 38.5 Å². The fourth-order valence-electron chi connectivity index (χ4n) is 5.47. The van der Waals surface area contributed by atoms with Gasteiger partial charge in [-0.25, -0.2) is 4.79 Å². The number of rotatable bonds is 6. The molecule has 0 unspecified atom stereocenters. The van der Waals surface area contributed by atoms with Crippen LogP contribution < -0.4 is 10.2 Å². The minimum absolute atomic E-state index is 0.00421. The number of carbonyl (C=O) groups is 2. The molecule has 3 aliphatic rings. The number of ether oxygens (including phenoxy) is 2. The standard InChI is InChI=1S/C22H30N2O5/c1-4-6-10-29-18-16-19(26)24-13-21(3)8-7-9-22(24,12-21)14-23(16)11-15(17(18)25)20(27)28-5-2/h11H,4-10,12-14H2,1-3H3/t21-,22+/m0/s1. The van der Waals surface area contributed by atoms with Crippen LogP contribution in [0.1, 0.15) is 80.1 Å². The van der Waals surface area contributed by atoms with Crippen LogP contribution in [-0.2, 0) is 11.3 Å². The lowest BCUT2D eigenvalue weighted by Gasteiger charge is -2.45. The third-order valence-corrected chi connectivity index (χ3v) is 6.68. The predicted molar refractivity (Wildman–Crippen MR) is 107 cm³/mol. The van der Waals surface area contributed by atoms with Crippen molar-refractivity contribution < 1.29 is 19.1 Å². The third-order valence-electron chi connectivity index (χ3n) is 6.68. The Hall–Kier alpha value is -2.31. The summed E-state index contributed by atoms with van der Waals surface area (Å²) in [5.74, 6) is -0.822. The summed E-state index contributed by atoms with van der Waals surface area (Å²) >= 11 is 0. The first-order chi connectivity index (χ1) is 13.8. The van der Waals surface area contributed by atoms with Gasteiger partial charge in [0.1, 0.15) is 5.56 Å². The first-order valence-corrected chi connectivity index (χ1v) is 10.7. The number of hydrogen-bond donors (Lipinski definition) is 0. The molecule has 2 atom stereocenters. The van der Waals surface area contributed by atoms with Crippen LogP contribution in [0.4, 0.5) is 0 Å². The van der Waals surface area contributed by atoms with Crippen LogP contribution in [0.5, 0.6) is 5.75 Å². The molecule has 2 fully saturated rings. The number of aromatic nitrogens is 1. The molecule has 7 heteroatoms. The Balaban J connectivity index is 1.83. The van der Waals surface area contributed by atoms with E-state index in [1.54, 1.807) is 11.5 Å². The fourth-order valence-corrected chi connectivity index (χ4v) is 5.47. The van der Waals surface area contributed by atoms with Crippen LogP contribution in [0.15, 0.2) is 11.0 Å². The highest BCUT2D eigenvalue weighted by Crippen LogP contribution is 2.54. The van der Waals surface area contributed by atoms with E-state index in [-0.39, 0.29) is 40.5 Å². The molecule has 7 nitrogen and oxygen atoms in total. The van der Waals surface area contributed by atoms with E-state index < -0.39 is 11.4 Å². The molecule has 1 amide bonds. The van der Waals surface area contributed by atoms with E-state index >= 15 is 0 Å². The largest absolute Gasteiger partial charge is 0.487 e. The number of amides is 1. The molecule has 0 aromatic carbocycles. The number of pyridine rings is 1. The Labute approximate surface area is 171 Å². The van der Waals surface area contributed by atoms with E-state index in [4.69, 9.17) is 9.47 Å². The zero-order chi connectivity index (χ0) is 20.8. The maximum Gasteiger partial charge on any atom is 0.343 e. The highest BCUT2D eigenvalue weighted by atomic mass is 16.5. The third kappa shape index (κ3) is 3.15. The second kappa shape index (κ2) is 7.18. The molecule has 29 heavy (non-hydrogen) atoms. The van der Waals surface area contributed by atoms with Crippen molar-refractivity contribution in [3.8, 4) is 5.75 Å². The zero-order valence-electron chi connectivity index (χ0n) is 17.6. The fraction of sp³-hybridized carbons (Fsp3) is 0.682. The van der Waals surface area contributed by atoms with Crippen LogP contribution in [0, 0.1) is 5.41 Å². The van der Waals surface area contributed by atoms with Crippen molar-refractivity contribution in [2.75, 3.05) is 19.8 Å². The SMILES string of the molecule is CCCCOc1c2n(cc(C(=O)OCC)c1=O)C[C@]13CCC[C@](C)(CN1C2=O)C3. The predicted octanol–water partition coefficient (Wildman–Crippen LogP) is 2.99. The molecule has 2 aliphatic heterocycles. The quantitative estimate of drug-likeness (QED) is 0.540. The summed E-state index contributed by atoms with van der Waals surface area (Å²) in [6, 6.07) is 0. The van der Waals surface area contributed by atoms with E-state index in [1.165, 1.54) is 6.20 Å². The van der Waals surface area contributed by atoms with Gasteiger partial charge in [0.25, 0.3) is 5.91 Å². The molecule has 1 saturated carbocycles. The van der Waals surface area contributed by atoms with Gasteiger partial charge >= 0.3 is 5.97 Å². The van der Waals surface area contributed by atoms with Gasteiger partial charge in [-0.05, 0) is 38.0 Å². The van der Waals surface area contributed by atoms with Crippen molar-refractivity contribution >= 4 is 11.9 Å². The van der Waals surface area contributed by atoms with Crippen LogP contribution >= 0.6 is 0 Å². The normalized spacial score (nSPS) is 27.4. The van der Waals surface area contributed by atoms with Gasteiger partial charge in [-0.15, -0.1) is 0 Å². The molecular weight excluding hydrogens is 372 g/mol. The van der Waals surface area contributed by atoms with Gasteiger partial charge in [0.15, 0.2) is 11.4 Å². The second-order valence-corrected chi connectivity index (χ2v) is 9.06. The van der Waals surface area contributed by atoms with Crippen molar-refractivity contribution in [2.24, 2.45) is 5.41 Å². The van der Waals surface area contributed by atoms with E-state index in [1.807, 2.05) is 11.8 Å². The summed E-state index contributed by atoms with van der Waals surface area (Å²) in [5, 5.41) is 0. The van der Waals surface area contributed by atoms with Gasteiger partial charge in [-0.3, -0.25) is 9.59 Å². The Kier molecular flexibility index (Phi) is 4.95. The Bertz CT molecular complexity index is 907. The van der Waals surface area contributed by atoms with Gasteiger partial charge in [-0.1, -0.05) is 26.7 Å². The van der Waals surface area contributed by atoms with Gasteiger partial charge in [0, 0.05) is 19.3 Å². The Morgan fingerprint density at radius 2 is 2.00 bits per heavy atom. The van der Waals surface area contributed by atoms with E-state index in [0.29, 0.717) is 19.7 Å². The Morgan fingerprint density at radius 1 is 1.21 bits per heavy atom. The average Bonchev–Trinajstić information content (AvgIpc) is 2.88. The van der Waals surface area contributed by atoms with Crippen LogP contribution in [0.2, 0.25) is 0 Å². The first kappa shape index (κ1) is 20.0. The molecule has 1 aromatic heterocycles. The minimum Gasteiger partial charge on any atom is -0.487 e. The summed E-state index contributed by atoms with van der Waals surface area (Å²) in [6.45, 7) is 7.79. The number of esters is 1. The van der Waals surface area contributed by atoms with E-state index in [2.05, 4.69) is 6.92 Å². The lowest BCUT2D eigenvalue weighted by Crippen LogP contribution is -2.55. The Morgan fingerprint density at radius 3 is 2.72 bits per heavy atom. The topological polar surface area (TPSA) is 77.8 Å². The van der Waals surface area contributed by atoms with Crippen molar-refractivity contribution in [1.82, 2.24) is 9.47 Å². The number of unbranched alkanes of at least 4 members (excludes halogenated alkanes) is 1. The molecule has 1 aliphatic carbocycles. The molecule has 1 aromatic rings. The van der Waals surface area contributed by atoms with Crippen molar-refractivity contribution in [3.63, 3.8) is 0 Å². The number of hydrogen-bond acceptors (Lipinski definition) is 5. The van der Waals surface area contributed by atoms with Crippen LogP contribution in [0.3, 0.4) is 0 Å². The van der Waals surface area contributed by atoms with E-state index in [9.17, 15) is 14.4 Å². The average molecular weight is 402 g/mol.